The summed E-state index contributed by atoms with van der Waals surface area (Å²) in [4.78, 5) is 30.3. The maximum atomic E-state index is 13.1. The summed E-state index contributed by atoms with van der Waals surface area (Å²) in [5.74, 6) is 0.0501. The molecule has 3 aromatic rings. The Kier molecular flexibility index (Phi) is 7.65. The Bertz CT molecular complexity index is 1130. The van der Waals surface area contributed by atoms with Gasteiger partial charge in [0.05, 0.1) is 31.0 Å². The monoisotopic (exact) mass is 436 g/mol. The van der Waals surface area contributed by atoms with Crippen molar-refractivity contribution in [3.05, 3.63) is 59.3 Å². The maximum absolute atomic E-state index is 13.1. The molecule has 0 saturated carbocycles. The molecule has 0 unspecified atom stereocenters. The van der Waals surface area contributed by atoms with Crippen LogP contribution in [0.4, 0.5) is 5.69 Å². The van der Waals surface area contributed by atoms with Crippen molar-refractivity contribution in [1.82, 2.24) is 4.98 Å². The first-order valence-corrected chi connectivity index (χ1v) is 10.6. The average molecular weight is 437 g/mol. The summed E-state index contributed by atoms with van der Waals surface area (Å²) in [5, 5.41) is 3.44. The number of anilines is 1. The number of nitrogens with zero attached hydrogens (tertiary/aromatic N) is 1. The smallest absolute Gasteiger partial charge is 0.339 e. The van der Waals surface area contributed by atoms with E-state index in [1.807, 2.05) is 31.2 Å². The summed E-state index contributed by atoms with van der Waals surface area (Å²) < 4.78 is 15.9. The number of carbonyl (C=O) groups is 2. The SMILES string of the molecule is CCCc1nc2ccccc2c(C(=O)OCC(=O)Nc2ccc(OC)cc2OC)c1CC. The van der Waals surface area contributed by atoms with Gasteiger partial charge in [0.25, 0.3) is 5.91 Å². The summed E-state index contributed by atoms with van der Waals surface area (Å²) >= 11 is 0. The lowest BCUT2D eigenvalue weighted by Crippen LogP contribution is -2.22. The van der Waals surface area contributed by atoms with Crippen LogP contribution in [0.5, 0.6) is 11.5 Å². The molecule has 3 rings (SSSR count). The number of aryl methyl sites for hydroxylation is 1. The molecule has 0 aliphatic heterocycles. The van der Waals surface area contributed by atoms with E-state index in [1.54, 1.807) is 25.3 Å². The number of rotatable bonds is 9. The number of nitrogens with one attached hydrogen (secondary N) is 1. The fourth-order valence-electron chi connectivity index (χ4n) is 3.65. The van der Waals surface area contributed by atoms with Crippen LogP contribution in [-0.2, 0) is 22.4 Å². The van der Waals surface area contributed by atoms with Crippen molar-refractivity contribution in [2.75, 3.05) is 26.1 Å². The van der Waals surface area contributed by atoms with Gasteiger partial charge in [-0.2, -0.15) is 0 Å². The standard InChI is InChI=1S/C25H28N2O5/c1-5-9-19-17(6-2)24(18-10-7-8-11-20(18)26-19)25(29)32-15-23(28)27-21-13-12-16(30-3)14-22(21)31-4/h7-8,10-14H,5-6,9,15H2,1-4H3,(H,27,28). The lowest BCUT2D eigenvalue weighted by atomic mass is 9.96. The molecule has 1 heterocycles. The molecule has 0 radical (unpaired) electrons. The van der Waals surface area contributed by atoms with Crippen molar-refractivity contribution in [2.45, 2.75) is 33.1 Å². The van der Waals surface area contributed by atoms with Gasteiger partial charge in [-0.05, 0) is 36.6 Å². The second-order valence-corrected chi connectivity index (χ2v) is 7.22. The maximum Gasteiger partial charge on any atom is 0.339 e. The first-order chi connectivity index (χ1) is 15.5. The number of fused-ring (bicyclic) bond motifs is 1. The third-order valence-electron chi connectivity index (χ3n) is 5.14. The van der Waals surface area contributed by atoms with Crippen LogP contribution in [0.1, 0.15) is 41.9 Å². The molecule has 2 aromatic carbocycles. The van der Waals surface area contributed by atoms with E-state index >= 15 is 0 Å². The van der Waals surface area contributed by atoms with E-state index in [9.17, 15) is 9.59 Å². The molecule has 168 valence electrons. The molecule has 7 heteroatoms. The topological polar surface area (TPSA) is 86.8 Å². The van der Waals surface area contributed by atoms with Gasteiger partial charge in [-0.15, -0.1) is 0 Å². The quantitative estimate of drug-likeness (QED) is 0.495. The van der Waals surface area contributed by atoms with Crippen LogP contribution in [0, 0.1) is 0 Å². The molecule has 0 saturated heterocycles. The Morgan fingerprint density at radius 1 is 1.03 bits per heavy atom. The van der Waals surface area contributed by atoms with E-state index in [0.717, 1.165) is 35.0 Å². The first kappa shape index (κ1) is 23.1. The van der Waals surface area contributed by atoms with E-state index in [1.165, 1.54) is 7.11 Å². The molecule has 1 amide bonds. The van der Waals surface area contributed by atoms with Gasteiger partial charge in [0, 0.05) is 17.1 Å². The minimum atomic E-state index is -0.533. The number of aromatic nitrogens is 1. The van der Waals surface area contributed by atoms with Crippen molar-refractivity contribution in [1.29, 1.82) is 0 Å². The lowest BCUT2D eigenvalue weighted by Gasteiger charge is -2.16. The average Bonchev–Trinajstić information content (AvgIpc) is 2.82. The highest BCUT2D eigenvalue weighted by molar-refractivity contribution is 6.06. The van der Waals surface area contributed by atoms with Gasteiger partial charge < -0.3 is 19.5 Å². The second kappa shape index (κ2) is 10.6. The fourth-order valence-corrected chi connectivity index (χ4v) is 3.65. The number of methoxy groups -OCH3 is 2. The molecular formula is C25H28N2O5. The van der Waals surface area contributed by atoms with Crippen molar-refractivity contribution in [3.63, 3.8) is 0 Å². The van der Waals surface area contributed by atoms with E-state index in [-0.39, 0.29) is 0 Å². The van der Waals surface area contributed by atoms with Crippen molar-refractivity contribution < 1.29 is 23.8 Å². The number of carbonyl (C=O) groups excluding carboxylic acids is 2. The minimum Gasteiger partial charge on any atom is -0.497 e. The molecule has 7 nitrogen and oxygen atoms in total. The van der Waals surface area contributed by atoms with Crippen LogP contribution < -0.4 is 14.8 Å². The Morgan fingerprint density at radius 2 is 1.81 bits per heavy atom. The first-order valence-electron chi connectivity index (χ1n) is 10.6. The molecule has 0 aliphatic rings. The highest BCUT2D eigenvalue weighted by atomic mass is 16.5. The predicted molar refractivity (Wildman–Crippen MR) is 124 cm³/mol. The molecule has 32 heavy (non-hydrogen) atoms. The molecular weight excluding hydrogens is 408 g/mol. The highest BCUT2D eigenvalue weighted by Gasteiger charge is 2.21. The minimum absolute atomic E-state index is 0.420. The van der Waals surface area contributed by atoms with Gasteiger partial charge in [-0.25, -0.2) is 4.79 Å². The van der Waals surface area contributed by atoms with E-state index in [2.05, 4.69) is 12.2 Å². The van der Waals surface area contributed by atoms with E-state index in [4.69, 9.17) is 19.2 Å². The van der Waals surface area contributed by atoms with Crippen LogP contribution in [0.15, 0.2) is 42.5 Å². The third kappa shape index (κ3) is 4.99. The van der Waals surface area contributed by atoms with Gasteiger partial charge in [-0.1, -0.05) is 38.5 Å². The van der Waals surface area contributed by atoms with Crippen LogP contribution in [0.25, 0.3) is 10.9 Å². The van der Waals surface area contributed by atoms with E-state index < -0.39 is 18.5 Å². The van der Waals surface area contributed by atoms with Crippen LogP contribution in [-0.4, -0.2) is 37.7 Å². The predicted octanol–water partition coefficient (Wildman–Crippen LogP) is 4.56. The second-order valence-electron chi connectivity index (χ2n) is 7.22. The number of benzene rings is 2. The molecule has 0 atom stereocenters. The van der Waals surface area contributed by atoms with Gasteiger partial charge in [-0.3, -0.25) is 9.78 Å². The van der Waals surface area contributed by atoms with Gasteiger partial charge in [0.2, 0.25) is 0 Å². The van der Waals surface area contributed by atoms with Crippen LogP contribution in [0.3, 0.4) is 0 Å². The van der Waals surface area contributed by atoms with Crippen molar-refractivity contribution in [3.8, 4) is 11.5 Å². The Labute approximate surface area is 187 Å². The summed E-state index contributed by atoms with van der Waals surface area (Å²) in [6.07, 6.45) is 2.33. The number of pyridine rings is 1. The van der Waals surface area contributed by atoms with Gasteiger partial charge >= 0.3 is 5.97 Å². The zero-order chi connectivity index (χ0) is 23.1. The Balaban J connectivity index is 1.81. The van der Waals surface area contributed by atoms with Crippen LogP contribution in [0.2, 0.25) is 0 Å². The fraction of sp³-hybridized carbons (Fsp3) is 0.320. The number of ether oxygens (including phenoxy) is 3. The van der Waals surface area contributed by atoms with Crippen molar-refractivity contribution >= 4 is 28.5 Å². The van der Waals surface area contributed by atoms with Crippen molar-refractivity contribution in [2.24, 2.45) is 0 Å². The molecule has 0 spiro atoms. The number of hydrogen-bond acceptors (Lipinski definition) is 6. The van der Waals surface area contributed by atoms with Gasteiger partial charge in [0.15, 0.2) is 6.61 Å². The van der Waals surface area contributed by atoms with Gasteiger partial charge in [0.1, 0.15) is 11.5 Å². The number of hydrogen-bond donors (Lipinski definition) is 1. The molecule has 1 aromatic heterocycles. The normalized spacial score (nSPS) is 10.6. The van der Waals surface area contributed by atoms with Crippen LogP contribution >= 0.6 is 0 Å². The highest BCUT2D eigenvalue weighted by Crippen LogP contribution is 2.29. The summed E-state index contributed by atoms with van der Waals surface area (Å²) in [6, 6.07) is 12.5. The molecule has 0 fully saturated rings. The lowest BCUT2D eigenvalue weighted by molar-refractivity contribution is -0.119. The molecule has 1 N–H and O–H groups in total. The molecule has 0 aliphatic carbocycles. The summed E-state index contributed by atoms with van der Waals surface area (Å²) in [7, 11) is 3.05. The third-order valence-corrected chi connectivity index (χ3v) is 5.14. The summed E-state index contributed by atoms with van der Waals surface area (Å²) in [6.45, 7) is 3.65. The number of amides is 1. The zero-order valence-corrected chi connectivity index (χ0v) is 18.9. The largest absolute Gasteiger partial charge is 0.497 e. The molecule has 0 bridgehead atoms. The number of esters is 1. The summed E-state index contributed by atoms with van der Waals surface area (Å²) in [5.41, 5.74) is 3.45. The van der Waals surface area contributed by atoms with E-state index in [0.29, 0.717) is 29.2 Å². The number of para-hydroxylation sites is 1. The Morgan fingerprint density at radius 3 is 2.50 bits per heavy atom. The Hall–Kier alpha value is -3.61. The zero-order valence-electron chi connectivity index (χ0n) is 18.9.